The summed E-state index contributed by atoms with van der Waals surface area (Å²) in [5.41, 5.74) is 11.1. The lowest BCUT2D eigenvalue weighted by Crippen LogP contribution is -1.94. The van der Waals surface area contributed by atoms with E-state index in [0.717, 1.165) is 34.3 Å². The van der Waals surface area contributed by atoms with Gasteiger partial charge in [0.2, 0.25) is 0 Å². The number of nitrogen functional groups attached to an aromatic ring is 1. The van der Waals surface area contributed by atoms with E-state index in [1.807, 2.05) is 25.3 Å². The Morgan fingerprint density at radius 3 is 2.57 bits per heavy atom. The van der Waals surface area contributed by atoms with Gasteiger partial charge >= 0.3 is 0 Å². The monoisotopic (exact) mass is 278 g/mol. The Labute approximate surface area is 124 Å². The molecule has 3 rings (SSSR count). The highest BCUT2D eigenvalue weighted by Crippen LogP contribution is 2.27. The number of rotatable bonds is 3. The third-order valence-corrected chi connectivity index (χ3v) is 3.72. The molecule has 0 saturated heterocycles. The van der Waals surface area contributed by atoms with E-state index in [9.17, 15) is 0 Å². The Bertz CT molecular complexity index is 779. The second-order valence-electron chi connectivity index (χ2n) is 5.23. The van der Waals surface area contributed by atoms with Gasteiger partial charge in [-0.3, -0.25) is 4.98 Å². The molecule has 0 atom stereocenters. The van der Waals surface area contributed by atoms with Crippen molar-refractivity contribution in [2.45, 2.75) is 13.3 Å². The van der Waals surface area contributed by atoms with Crippen molar-refractivity contribution in [1.82, 2.24) is 4.98 Å². The van der Waals surface area contributed by atoms with Crippen molar-refractivity contribution in [3.63, 3.8) is 0 Å². The first-order chi connectivity index (χ1) is 10.2. The molecular formula is C18H18N2O. The maximum absolute atomic E-state index is 5.74. The average molecular weight is 278 g/mol. The van der Waals surface area contributed by atoms with Crippen LogP contribution >= 0.6 is 0 Å². The van der Waals surface area contributed by atoms with Gasteiger partial charge in [0.05, 0.1) is 12.6 Å². The summed E-state index contributed by atoms with van der Waals surface area (Å²) in [6.45, 7) is 2.03. The molecule has 1 heterocycles. The van der Waals surface area contributed by atoms with Crippen LogP contribution in [0.3, 0.4) is 0 Å². The van der Waals surface area contributed by atoms with Crippen molar-refractivity contribution in [3.05, 3.63) is 65.4 Å². The van der Waals surface area contributed by atoms with Crippen LogP contribution in [0.25, 0.3) is 10.9 Å². The summed E-state index contributed by atoms with van der Waals surface area (Å²) < 4.78 is 5.43. The molecule has 3 heteroatoms. The second-order valence-corrected chi connectivity index (χ2v) is 5.23. The van der Waals surface area contributed by atoms with Gasteiger partial charge in [0, 0.05) is 17.3 Å². The fourth-order valence-electron chi connectivity index (χ4n) is 2.56. The number of fused-ring (bicyclic) bond motifs is 1. The van der Waals surface area contributed by atoms with Crippen molar-refractivity contribution in [2.75, 3.05) is 12.8 Å². The molecule has 0 aliphatic carbocycles. The molecule has 106 valence electrons. The van der Waals surface area contributed by atoms with Crippen LogP contribution in [0, 0.1) is 6.92 Å². The first-order valence-corrected chi connectivity index (χ1v) is 6.94. The van der Waals surface area contributed by atoms with Crippen LogP contribution in [-0.2, 0) is 6.42 Å². The fourth-order valence-corrected chi connectivity index (χ4v) is 2.56. The van der Waals surface area contributed by atoms with Crippen molar-refractivity contribution in [1.29, 1.82) is 0 Å². The number of anilines is 1. The molecule has 0 saturated carbocycles. The van der Waals surface area contributed by atoms with Crippen molar-refractivity contribution in [2.24, 2.45) is 0 Å². The van der Waals surface area contributed by atoms with E-state index in [1.165, 1.54) is 11.1 Å². The molecule has 0 aliphatic heterocycles. The summed E-state index contributed by atoms with van der Waals surface area (Å²) >= 11 is 0. The molecule has 1 aromatic heterocycles. The van der Waals surface area contributed by atoms with Crippen LogP contribution in [0.4, 0.5) is 5.69 Å². The van der Waals surface area contributed by atoms with Crippen LogP contribution in [0.1, 0.15) is 16.7 Å². The van der Waals surface area contributed by atoms with E-state index in [4.69, 9.17) is 10.5 Å². The number of ether oxygens (including phenoxy) is 1. The first-order valence-electron chi connectivity index (χ1n) is 6.94. The smallest absolute Gasteiger partial charge is 0.122 e. The molecule has 0 fully saturated rings. The quantitative estimate of drug-likeness (QED) is 0.743. The van der Waals surface area contributed by atoms with Crippen LogP contribution < -0.4 is 10.5 Å². The van der Waals surface area contributed by atoms with Gasteiger partial charge < -0.3 is 10.5 Å². The summed E-state index contributed by atoms with van der Waals surface area (Å²) in [6, 6.07) is 14.2. The molecule has 0 radical (unpaired) electrons. The molecule has 0 unspecified atom stereocenters. The lowest BCUT2D eigenvalue weighted by Gasteiger charge is -2.10. The van der Waals surface area contributed by atoms with Gasteiger partial charge in [-0.1, -0.05) is 12.1 Å². The molecule has 3 aromatic rings. The van der Waals surface area contributed by atoms with Gasteiger partial charge in [0.25, 0.3) is 0 Å². The number of aryl methyl sites for hydroxylation is 1. The van der Waals surface area contributed by atoms with Gasteiger partial charge in [-0.2, -0.15) is 0 Å². The molecule has 0 amide bonds. The lowest BCUT2D eigenvalue weighted by molar-refractivity contribution is 0.412. The minimum Gasteiger partial charge on any atom is -0.496 e. The molecule has 0 aliphatic rings. The molecular weight excluding hydrogens is 260 g/mol. The maximum atomic E-state index is 5.74. The summed E-state index contributed by atoms with van der Waals surface area (Å²) in [5.74, 6) is 0.897. The molecule has 21 heavy (non-hydrogen) atoms. The zero-order valence-corrected chi connectivity index (χ0v) is 12.3. The van der Waals surface area contributed by atoms with Crippen LogP contribution in [0.15, 0.2) is 48.7 Å². The van der Waals surface area contributed by atoms with E-state index in [-0.39, 0.29) is 0 Å². The van der Waals surface area contributed by atoms with Gasteiger partial charge in [0.15, 0.2) is 0 Å². The van der Waals surface area contributed by atoms with Crippen molar-refractivity contribution in [3.8, 4) is 5.75 Å². The first kappa shape index (κ1) is 13.4. The van der Waals surface area contributed by atoms with Crippen LogP contribution in [-0.4, -0.2) is 12.1 Å². The van der Waals surface area contributed by atoms with Gasteiger partial charge in [0.1, 0.15) is 5.75 Å². The third-order valence-electron chi connectivity index (χ3n) is 3.72. The number of pyridine rings is 1. The Hall–Kier alpha value is -2.55. The van der Waals surface area contributed by atoms with E-state index < -0.39 is 0 Å². The molecule has 2 aromatic carbocycles. The van der Waals surface area contributed by atoms with Gasteiger partial charge in [-0.05, 0) is 60.4 Å². The largest absolute Gasteiger partial charge is 0.496 e. The normalized spacial score (nSPS) is 10.8. The van der Waals surface area contributed by atoms with Crippen LogP contribution in [0.2, 0.25) is 0 Å². The molecule has 0 spiro atoms. The summed E-state index contributed by atoms with van der Waals surface area (Å²) in [4.78, 5) is 4.46. The average Bonchev–Trinajstić information content (AvgIpc) is 2.49. The number of benzene rings is 2. The van der Waals surface area contributed by atoms with Crippen LogP contribution in [0.5, 0.6) is 5.75 Å². The van der Waals surface area contributed by atoms with Gasteiger partial charge in [-0.25, -0.2) is 0 Å². The Balaban J connectivity index is 2.07. The Morgan fingerprint density at radius 1 is 1.10 bits per heavy atom. The van der Waals surface area contributed by atoms with Gasteiger partial charge in [-0.15, -0.1) is 0 Å². The number of methoxy groups -OCH3 is 1. The summed E-state index contributed by atoms with van der Waals surface area (Å²) in [5, 5.41) is 1.14. The predicted molar refractivity (Wildman–Crippen MR) is 86.7 cm³/mol. The van der Waals surface area contributed by atoms with E-state index >= 15 is 0 Å². The highest BCUT2D eigenvalue weighted by molar-refractivity contribution is 5.84. The molecule has 0 bridgehead atoms. The van der Waals surface area contributed by atoms with E-state index in [1.54, 1.807) is 7.11 Å². The standard InChI is InChI=1S/C18H18N2O/c1-12-9-17-16(11-18(12)21-2)14(7-8-20-17)10-13-3-5-15(19)6-4-13/h3-9,11H,10,19H2,1-2H3. The maximum Gasteiger partial charge on any atom is 0.122 e. The minimum atomic E-state index is 0.788. The SMILES string of the molecule is COc1cc2c(Cc3ccc(N)cc3)ccnc2cc1C. The van der Waals surface area contributed by atoms with Crippen molar-refractivity contribution < 1.29 is 4.74 Å². The Kier molecular flexibility index (Phi) is 3.48. The summed E-state index contributed by atoms with van der Waals surface area (Å²) in [6.07, 6.45) is 2.71. The molecule has 2 N–H and O–H groups in total. The third kappa shape index (κ3) is 2.68. The highest BCUT2D eigenvalue weighted by Gasteiger charge is 2.07. The second kappa shape index (κ2) is 5.44. The number of hydrogen-bond donors (Lipinski definition) is 1. The lowest BCUT2D eigenvalue weighted by atomic mass is 10.00. The van der Waals surface area contributed by atoms with E-state index in [0.29, 0.717) is 0 Å². The minimum absolute atomic E-state index is 0.788. The number of hydrogen-bond acceptors (Lipinski definition) is 3. The van der Waals surface area contributed by atoms with Crippen molar-refractivity contribution >= 4 is 16.6 Å². The number of nitrogens with two attached hydrogens (primary N) is 1. The summed E-state index contributed by atoms with van der Waals surface area (Å²) in [7, 11) is 1.70. The molecule has 3 nitrogen and oxygen atoms in total. The fraction of sp³-hybridized carbons (Fsp3) is 0.167. The predicted octanol–water partition coefficient (Wildman–Crippen LogP) is 3.72. The van der Waals surface area contributed by atoms with E-state index in [2.05, 4.69) is 35.3 Å². The Morgan fingerprint density at radius 2 is 1.86 bits per heavy atom. The number of nitrogens with zero attached hydrogens (tertiary/aromatic N) is 1. The number of aromatic nitrogens is 1. The topological polar surface area (TPSA) is 48.1 Å². The zero-order valence-electron chi connectivity index (χ0n) is 12.3. The highest BCUT2D eigenvalue weighted by atomic mass is 16.5. The zero-order chi connectivity index (χ0) is 14.8.